The van der Waals surface area contributed by atoms with Gasteiger partial charge in [0.25, 0.3) is 0 Å². The standard InChI is InChI=1S/C15H11O3/c16-15(17)13-9-12(10-4-2-1-3-5-10)8-11-6-7-18-14(11)13/h2-5,8-9H,6-7H2,(H,16,17). The van der Waals surface area contributed by atoms with Gasteiger partial charge in [0, 0.05) is 6.42 Å². The summed E-state index contributed by atoms with van der Waals surface area (Å²) >= 11 is 0. The Balaban J connectivity index is 2.18. The smallest absolute Gasteiger partial charge is 0.339 e. The lowest BCUT2D eigenvalue weighted by molar-refractivity contribution is 0.0693. The van der Waals surface area contributed by atoms with Crippen molar-refractivity contribution in [2.45, 2.75) is 6.42 Å². The van der Waals surface area contributed by atoms with Crippen molar-refractivity contribution in [1.29, 1.82) is 0 Å². The zero-order chi connectivity index (χ0) is 12.5. The quantitative estimate of drug-likeness (QED) is 0.876. The molecule has 0 spiro atoms. The Hall–Kier alpha value is -2.29. The number of hydrogen-bond acceptors (Lipinski definition) is 2. The molecule has 3 rings (SSSR count). The van der Waals surface area contributed by atoms with Crippen LogP contribution in [-0.2, 0) is 6.42 Å². The van der Waals surface area contributed by atoms with Crippen LogP contribution in [0.2, 0.25) is 0 Å². The Labute approximate surface area is 105 Å². The topological polar surface area (TPSA) is 46.5 Å². The average molecular weight is 239 g/mol. The molecule has 0 saturated carbocycles. The molecule has 2 aromatic carbocycles. The lowest BCUT2D eigenvalue weighted by atomic mass is 9.98. The first-order valence-corrected chi connectivity index (χ1v) is 5.75. The number of hydrogen-bond donors (Lipinski definition) is 1. The van der Waals surface area contributed by atoms with Crippen molar-refractivity contribution in [3.05, 3.63) is 53.6 Å². The van der Waals surface area contributed by atoms with E-state index in [-0.39, 0.29) is 5.56 Å². The summed E-state index contributed by atoms with van der Waals surface area (Å²) < 4.78 is 5.39. The van der Waals surface area contributed by atoms with Gasteiger partial charge >= 0.3 is 5.97 Å². The van der Waals surface area contributed by atoms with E-state index in [2.05, 4.69) is 6.07 Å². The van der Waals surface area contributed by atoms with Gasteiger partial charge in [-0.3, -0.25) is 0 Å². The van der Waals surface area contributed by atoms with E-state index in [0.29, 0.717) is 12.4 Å². The van der Waals surface area contributed by atoms with Crippen molar-refractivity contribution < 1.29 is 14.6 Å². The summed E-state index contributed by atoms with van der Waals surface area (Å²) in [5, 5.41) is 9.23. The Morgan fingerprint density at radius 1 is 1.22 bits per heavy atom. The molecule has 0 aliphatic carbocycles. The summed E-state index contributed by atoms with van der Waals surface area (Å²) in [6.07, 6.45) is 0.766. The lowest BCUT2D eigenvalue weighted by Gasteiger charge is -2.08. The Kier molecular flexibility index (Phi) is 2.52. The largest absolute Gasteiger partial charge is 0.492 e. The fraction of sp³-hybridized carbons (Fsp3) is 0.133. The van der Waals surface area contributed by atoms with E-state index in [1.54, 1.807) is 6.07 Å². The van der Waals surface area contributed by atoms with Crippen LogP contribution in [0.4, 0.5) is 0 Å². The molecule has 0 bridgehead atoms. The average Bonchev–Trinajstić information content (AvgIpc) is 2.86. The van der Waals surface area contributed by atoms with Gasteiger partial charge in [-0.2, -0.15) is 0 Å². The first-order valence-electron chi connectivity index (χ1n) is 5.75. The number of carboxylic acids is 1. The Bertz CT molecular complexity index is 603. The van der Waals surface area contributed by atoms with Crippen LogP contribution in [0, 0.1) is 6.07 Å². The van der Waals surface area contributed by atoms with Crippen LogP contribution in [0.1, 0.15) is 15.9 Å². The zero-order valence-corrected chi connectivity index (χ0v) is 9.64. The van der Waals surface area contributed by atoms with Gasteiger partial charge in [0.15, 0.2) is 0 Å². The predicted molar refractivity (Wildman–Crippen MR) is 66.9 cm³/mol. The third-order valence-corrected chi connectivity index (χ3v) is 3.07. The molecule has 2 aromatic rings. The van der Waals surface area contributed by atoms with Crippen LogP contribution in [-0.4, -0.2) is 17.7 Å². The number of ether oxygens (including phenoxy) is 1. The fourth-order valence-corrected chi connectivity index (χ4v) is 2.21. The maximum Gasteiger partial charge on any atom is 0.339 e. The highest BCUT2D eigenvalue weighted by molar-refractivity contribution is 5.93. The number of rotatable bonds is 2. The van der Waals surface area contributed by atoms with Crippen LogP contribution in [0.15, 0.2) is 36.4 Å². The third-order valence-electron chi connectivity index (χ3n) is 3.07. The monoisotopic (exact) mass is 239 g/mol. The molecule has 1 N–H and O–H groups in total. The lowest BCUT2D eigenvalue weighted by Crippen LogP contribution is -2.00. The second kappa shape index (κ2) is 4.18. The van der Waals surface area contributed by atoms with Crippen molar-refractivity contribution in [1.82, 2.24) is 0 Å². The van der Waals surface area contributed by atoms with E-state index in [1.165, 1.54) is 0 Å². The number of fused-ring (bicyclic) bond motifs is 1. The highest BCUT2D eigenvalue weighted by atomic mass is 16.5. The minimum atomic E-state index is -0.947. The number of carbonyl (C=O) groups is 1. The molecule has 0 saturated heterocycles. The van der Waals surface area contributed by atoms with Crippen molar-refractivity contribution in [3.63, 3.8) is 0 Å². The van der Waals surface area contributed by atoms with Crippen molar-refractivity contribution in [2.24, 2.45) is 0 Å². The molecule has 18 heavy (non-hydrogen) atoms. The molecule has 0 unspecified atom stereocenters. The first kappa shape index (κ1) is 10.8. The SMILES string of the molecule is O=C(O)c1cc(-c2cc[c]cc2)cc2c1OCC2. The van der Waals surface area contributed by atoms with Gasteiger partial charge < -0.3 is 9.84 Å². The van der Waals surface area contributed by atoms with Crippen LogP contribution in [0.5, 0.6) is 5.75 Å². The minimum absolute atomic E-state index is 0.243. The highest BCUT2D eigenvalue weighted by Gasteiger charge is 2.22. The molecule has 0 fully saturated rings. The molecule has 89 valence electrons. The second-order valence-corrected chi connectivity index (χ2v) is 4.20. The van der Waals surface area contributed by atoms with Crippen LogP contribution >= 0.6 is 0 Å². The molecular formula is C15H11O3. The Morgan fingerprint density at radius 2 is 2.00 bits per heavy atom. The van der Waals surface area contributed by atoms with E-state index >= 15 is 0 Å². The fourth-order valence-electron chi connectivity index (χ4n) is 2.21. The first-order chi connectivity index (χ1) is 8.75. The summed E-state index contributed by atoms with van der Waals surface area (Å²) in [5.41, 5.74) is 3.11. The molecule has 1 aliphatic rings. The zero-order valence-electron chi connectivity index (χ0n) is 9.64. The third kappa shape index (κ3) is 1.74. The van der Waals surface area contributed by atoms with Gasteiger partial charge in [0.1, 0.15) is 11.3 Å². The molecule has 1 heterocycles. The number of benzene rings is 2. The molecule has 0 atom stereocenters. The van der Waals surface area contributed by atoms with Gasteiger partial charge in [-0.1, -0.05) is 24.3 Å². The van der Waals surface area contributed by atoms with Crippen molar-refractivity contribution in [3.8, 4) is 16.9 Å². The maximum absolute atomic E-state index is 11.3. The van der Waals surface area contributed by atoms with E-state index in [0.717, 1.165) is 23.1 Å². The molecule has 1 radical (unpaired) electrons. The predicted octanol–water partition coefficient (Wildman–Crippen LogP) is 2.79. The van der Waals surface area contributed by atoms with Gasteiger partial charge in [0.05, 0.1) is 6.61 Å². The van der Waals surface area contributed by atoms with E-state index < -0.39 is 5.97 Å². The molecular weight excluding hydrogens is 228 g/mol. The minimum Gasteiger partial charge on any atom is -0.492 e. The van der Waals surface area contributed by atoms with Gasteiger partial charge in [-0.15, -0.1) is 0 Å². The summed E-state index contributed by atoms with van der Waals surface area (Å²) in [7, 11) is 0. The number of aromatic carboxylic acids is 1. The normalized spacial score (nSPS) is 12.9. The summed E-state index contributed by atoms with van der Waals surface area (Å²) in [5.74, 6) is -0.425. The van der Waals surface area contributed by atoms with Crippen molar-refractivity contribution in [2.75, 3.05) is 6.61 Å². The Morgan fingerprint density at radius 3 is 2.72 bits per heavy atom. The van der Waals surface area contributed by atoms with E-state index in [9.17, 15) is 9.90 Å². The summed E-state index contributed by atoms with van der Waals surface area (Å²) in [4.78, 5) is 11.3. The second-order valence-electron chi connectivity index (χ2n) is 4.20. The molecule has 3 heteroatoms. The van der Waals surface area contributed by atoms with Crippen molar-refractivity contribution >= 4 is 5.97 Å². The molecule has 0 aromatic heterocycles. The highest BCUT2D eigenvalue weighted by Crippen LogP contribution is 2.34. The number of carboxylic acid groups (broad SMARTS) is 1. The van der Waals surface area contributed by atoms with Crippen LogP contribution in [0.25, 0.3) is 11.1 Å². The molecule has 1 aliphatic heterocycles. The molecule has 3 nitrogen and oxygen atoms in total. The maximum atomic E-state index is 11.3. The van der Waals surface area contributed by atoms with E-state index in [1.807, 2.05) is 30.3 Å². The summed E-state index contributed by atoms with van der Waals surface area (Å²) in [6, 6.07) is 14.1. The summed E-state index contributed by atoms with van der Waals surface area (Å²) in [6.45, 7) is 0.557. The van der Waals surface area contributed by atoms with Gasteiger partial charge in [0.2, 0.25) is 0 Å². The van der Waals surface area contributed by atoms with Crippen LogP contribution < -0.4 is 4.74 Å². The van der Waals surface area contributed by atoms with E-state index in [4.69, 9.17) is 4.74 Å². The molecule has 0 amide bonds. The van der Waals surface area contributed by atoms with Crippen LogP contribution in [0.3, 0.4) is 0 Å². The van der Waals surface area contributed by atoms with Gasteiger partial charge in [-0.25, -0.2) is 4.79 Å². The van der Waals surface area contributed by atoms with Gasteiger partial charge in [-0.05, 0) is 34.9 Å².